The lowest BCUT2D eigenvalue weighted by molar-refractivity contribution is -0.121. The molecular weight excluding hydrogens is 190 g/mol. The molecule has 0 aliphatic carbocycles. The van der Waals surface area contributed by atoms with Crippen LogP contribution in [0.3, 0.4) is 0 Å². The minimum atomic E-state index is -0.174. The van der Waals surface area contributed by atoms with Crippen LogP contribution in [-0.4, -0.2) is 29.7 Å². The van der Waals surface area contributed by atoms with Gasteiger partial charge in [0, 0.05) is 12.3 Å². The summed E-state index contributed by atoms with van der Waals surface area (Å²) in [4.78, 5) is 11.3. The fourth-order valence-electron chi connectivity index (χ4n) is 0.684. The average molecular weight is 207 g/mol. The fraction of sp³-hybridized carbons (Fsp3) is 0.875. The Labute approximate surface area is 84.3 Å². The van der Waals surface area contributed by atoms with Gasteiger partial charge in [-0.05, 0) is 12.2 Å². The highest BCUT2D eigenvalue weighted by atomic mass is 32.2. The highest BCUT2D eigenvalue weighted by Gasteiger charge is 2.16. The molecule has 0 aromatic rings. The van der Waals surface area contributed by atoms with Crippen LogP contribution < -0.4 is 5.32 Å². The molecule has 0 radical (unpaired) electrons. The van der Waals surface area contributed by atoms with Gasteiger partial charge in [-0.2, -0.15) is 24.4 Å². The van der Waals surface area contributed by atoms with E-state index in [2.05, 4.69) is 17.9 Å². The van der Waals surface area contributed by atoms with Crippen molar-refractivity contribution in [2.75, 3.05) is 18.6 Å². The molecule has 2 nitrogen and oxygen atoms in total. The first-order chi connectivity index (χ1) is 5.59. The summed E-state index contributed by atoms with van der Waals surface area (Å²) in [6.07, 6.45) is 2.02. The summed E-state index contributed by atoms with van der Waals surface area (Å²) in [5.41, 5.74) is 0. The monoisotopic (exact) mass is 207 g/mol. The molecule has 12 heavy (non-hydrogen) atoms. The summed E-state index contributed by atoms with van der Waals surface area (Å²) >= 11 is 5.93. The normalized spacial score (nSPS) is 13.1. The van der Waals surface area contributed by atoms with Crippen LogP contribution in [0.15, 0.2) is 0 Å². The Morgan fingerprint density at radius 3 is 2.58 bits per heavy atom. The number of carbonyl (C=O) groups is 1. The predicted octanol–water partition coefficient (Wildman–Crippen LogP) is 1.42. The molecule has 4 heteroatoms. The Kier molecular flexibility index (Phi) is 6.76. The maximum Gasteiger partial charge on any atom is 0.233 e. The minimum Gasteiger partial charge on any atom is -0.354 e. The van der Waals surface area contributed by atoms with E-state index in [1.807, 2.05) is 20.1 Å². The molecule has 72 valence electrons. The molecule has 0 saturated carbocycles. The van der Waals surface area contributed by atoms with Gasteiger partial charge in [-0.25, -0.2) is 0 Å². The third-order valence-electron chi connectivity index (χ3n) is 1.51. The predicted molar refractivity (Wildman–Crippen MR) is 59.0 cm³/mol. The van der Waals surface area contributed by atoms with Crippen molar-refractivity contribution in [3.05, 3.63) is 0 Å². The van der Waals surface area contributed by atoms with Crippen LogP contribution in [0.4, 0.5) is 0 Å². The number of rotatable bonds is 5. The van der Waals surface area contributed by atoms with Crippen LogP contribution >= 0.6 is 24.4 Å². The second-order valence-electron chi connectivity index (χ2n) is 2.97. The van der Waals surface area contributed by atoms with Gasteiger partial charge in [0.2, 0.25) is 5.91 Å². The van der Waals surface area contributed by atoms with Gasteiger partial charge in [0.15, 0.2) is 0 Å². The SMILES string of the molecule is CSCCNC(=O)C(S)C(C)C. The second kappa shape index (κ2) is 6.66. The van der Waals surface area contributed by atoms with Gasteiger partial charge in [-0.15, -0.1) is 0 Å². The van der Waals surface area contributed by atoms with Gasteiger partial charge >= 0.3 is 0 Å². The molecule has 0 aliphatic rings. The van der Waals surface area contributed by atoms with Crippen molar-refractivity contribution < 1.29 is 4.79 Å². The zero-order chi connectivity index (χ0) is 9.56. The van der Waals surface area contributed by atoms with Gasteiger partial charge in [-0.3, -0.25) is 4.79 Å². The Morgan fingerprint density at radius 1 is 1.58 bits per heavy atom. The van der Waals surface area contributed by atoms with Crippen LogP contribution in [0.25, 0.3) is 0 Å². The number of nitrogens with one attached hydrogen (secondary N) is 1. The number of hydrogen-bond acceptors (Lipinski definition) is 3. The zero-order valence-electron chi connectivity index (χ0n) is 7.83. The number of thioether (sulfide) groups is 1. The molecule has 0 heterocycles. The number of thiol groups is 1. The molecule has 0 bridgehead atoms. The molecule has 0 saturated heterocycles. The van der Waals surface area contributed by atoms with Gasteiger partial charge in [-0.1, -0.05) is 13.8 Å². The highest BCUT2D eigenvalue weighted by Crippen LogP contribution is 2.08. The lowest BCUT2D eigenvalue weighted by Crippen LogP contribution is -2.35. The van der Waals surface area contributed by atoms with Crippen molar-refractivity contribution >= 4 is 30.3 Å². The van der Waals surface area contributed by atoms with Gasteiger partial charge in [0.05, 0.1) is 5.25 Å². The first-order valence-electron chi connectivity index (χ1n) is 4.04. The van der Waals surface area contributed by atoms with E-state index in [1.54, 1.807) is 11.8 Å². The Morgan fingerprint density at radius 2 is 2.17 bits per heavy atom. The molecule has 1 unspecified atom stereocenters. The Hall–Kier alpha value is 0.170. The topological polar surface area (TPSA) is 29.1 Å². The first kappa shape index (κ1) is 12.2. The van der Waals surface area contributed by atoms with E-state index in [0.717, 1.165) is 12.3 Å². The van der Waals surface area contributed by atoms with E-state index in [0.29, 0.717) is 5.92 Å². The van der Waals surface area contributed by atoms with Crippen molar-refractivity contribution in [2.24, 2.45) is 5.92 Å². The van der Waals surface area contributed by atoms with Gasteiger partial charge < -0.3 is 5.32 Å². The Bertz CT molecular complexity index is 139. The smallest absolute Gasteiger partial charge is 0.233 e. The maximum atomic E-state index is 11.3. The van der Waals surface area contributed by atoms with Crippen LogP contribution in [0, 0.1) is 5.92 Å². The summed E-state index contributed by atoms with van der Waals surface area (Å²) in [7, 11) is 0. The third kappa shape index (κ3) is 4.93. The van der Waals surface area contributed by atoms with Crippen molar-refractivity contribution in [3.8, 4) is 0 Å². The van der Waals surface area contributed by atoms with Gasteiger partial charge in [0.1, 0.15) is 0 Å². The molecule has 0 rings (SSSR count). The number of hydrogen-bond donors (Lipinski definition) is 2. The van der Waals surface area contributed by atoms with Crippen molar-refractivity contribution in [1.29, 1.82) is 0 Å². The summed E-state index contributed by atoms with van der Waals surface area (Å²) in [6, 6.07) is 0. The summed E-state index contributed by atoms with van der Waals surface area (Å²) < 4.78 is 0. The van der Waals surface area contributed by atoms with E-state index < -0.39 is 0 Å². The van der Waals surface area contributed by atoms with Crippen molar-refractivity contribution in [2.45, 2.75) is 19.1 Å². The van der Waals surface area contributed by atoms with Crippen molar-refractivity contribution in [1.82, 2.24) is 5.32 Å². The molecular formula is C8H17NOS2. The zero-order valence-corrected chi connectivity index (χ0v) is 9.54. The molecule has 1 atom stereocenters. The van der Waals surface area contributed by atoms with Gasteiger partial charge in [0.25, 0.3) is 0 Å². The number of carbonyl (C=O) groups excluding carboxylic acids is 1. The fourth-order valence-corrected chi connectivity index (χ4v) is 1.08. The van der Waals surface area contributed by atoms with E-state index >= 15 is 0 Å². The van der Waals surface area contributed by atoms with E-state index in [1.165, 1.54) is 0 Å². The standard InChI is InChI=1S/C8H17NOS2/c1-6(2)7(11)8(10)9-4-5-12-3/h6-7,11H,4-5H2,1-3H3,(H,9,10). The molecule has 0 aromatic carbocycles. The number of amides is 1. The molecule has 0 aliphatic heterocycles. The van der Waals surface area contributed by atoms with Crippen LogP contribution in [0.2, 0.25) is 0 Å². The second-order valence-corrected chi connectivity index (χ2v) is 4.51. The van der Waals surface area contributed by atoms with Crippen LogP contribution in [0.5, 0.6) is 0 Å². The van der Waals surface area contributed by atoms with Crippen LogP contribution in [0.1, 0.15) is 13.8 Å². The van der Waals surface area contributed by atoms with E-state index in [-0.39, 0.29) is 11.2 Å². The van der Waals surface area contributed by atoms with E-state index in [4.69, 9.17) is 0 Å². The summed E-state index contributed by atoms with van der Waals surface area (Å²) in [5.74, 6) is 1.30. The lowest BCUT2D eigenvalue weighted by atomic mass is 10.1. The third-order valence-corrected chi connectivity index (χ3v) is 2.95. The summed E-state index contributed by atoms with van der Waals surface area (Å²) in [5, 5.41) is 2.65. The minimum absolute atomic E-state index is 0.0439. The largest absolute Gasteiger partial charge is 0.354 e. The van der Waals surface area contributed by atoms with Crippen molar-refractivity contribution in [3.63, 3.8) is 0 Å². The van der Waals surface area contributed by atoms with E-state index in [9.17, 15) is 4.79 Å². The molecule has 1 N–H and O–H groups in total. The maximum absolute atomic E-state index is 11.3. The molecule has 0 fully saturated rings. The lowest BCUT2D eigenvalue weighted by Gasteiger charge is -2.13. The first-order valence-corrected chi connectivity index (χ1v) is 5.95. The molecule has 1 amide bonds. The summed E-state index contributed by atoms with van der Waals surface area (Å²) in [6.45, 7) is 4.72. The quantitative estimate of drug-likeness (QED) is 0.527. The Balaban J connectivity index is 3.57. The molecule has 0 spiro atoms. The van der Waals surface area contributed by atoms with Crippen LogP contribution in [-0.2, 0) is 4.79 Å². The highest BCUT2D eigenvalue weighted by molar-refractivity contribution is 7.98. The molecule has 0 aromatic heterocycles. The average Bonchev–Trinajstić information content (AvgIpc) is 2.03.